The fourth-order valence-corrected chi connectivity index (χ4v) is 1.19. The highest BCUT2D eigenvalue weighted by Gasteiger charge is 2.05. The van der Waals surface area contributed by atoms with Gasteiger partial charge in [0.15, 0.2) is 0 Å². The van der Waals surface area contributed by atoms with E-state index >= 15 is 0 Å². The summed E-state index contributed by atoms with van der Waals surface area (Å²) in [5.41, 5.74) is 1.53. The van der Waals surface area contributed by atoms with Crippen molar-refractivity contribution in [2.75, 3.05) is 0 Å². The van der Waals surface area contributed by atoms with Crippen molar-refractivity contribution < 1.29 is 14.3 Å². The van der Waals surface area contributed by atoms with Crippen LogP contribution in [0.5, 0.6) is 0 Å². The number of carbonyl (C=O) groups is 1. The van der Waals surface area contributed by atoms with E-state index < -0.39 is 5.97 Å². The summed E-state index contributed by atoms with van der Waals surface area (Å²) in [7, 11) is 0. The fraction of sp³-hybridized carbons (Fsp3) is 0.273. The molecule has 0 unspecified atom stereocenters. The van der Waals surface area contributed by atoms with E-state index in [-0.39, 0.29) is 0 Å². The molecule has 0 N–H and O–H groups in total. The Bertz CT molecular complexity index is 314. The van der Waals surface area contributed by atoms with Gasteiger partial charge in [-0.25, -0.2) is 9.59 Å². The number of benzene rings is 1. The van der Waals surface area contributed by atoms with E-state index in [1.54, 1.807) is 12.1 Å². The van der Waals surface area contributed by atoms with Gasteiger partial charge in [0, 0.05) is 0 Å². The lowest BCUT2D eigenvalue weighted by Crippen LogP contribution is -2.03. The molecule has 0 aliphatic heterocycles. The number of rotatable bonds is 4. The molecule has 14 heavy (non-hydrogen) atoms. The molecule has 3 heteroatoms. The van der Waals surface area contributed by atoms with Crippen LogP contribution in [0, 0.1) is 0 Å². The number of esters is 1. The Labute approximate surface area is 82.7 Å². The Kier molecular flexibility index (Phi) is 3.85. The van der Waals surface area contributed by atoms with Crippen LogP contribution in [0.2, 0.25) is 0 Å². The zero-order valence-electron chi connectivity index (χ0n) is 7.95. The second kappa shape index (κ2) is 5.17. The van der Waals surface area contributed by atoms with Gasteiger partial charge in [-0.1, -0.05) is 25.5 Å². The van der Waals surface area contributed by atoms with E-state index in [1.807, 2.05) is 12.1 Å². The zero-order chi connectivity index (χ0) is 10.4. The summed E-state index contributed by atoms with van der Waals surface area (Å²) in [5.74, 6) is -0.664. The van der Waals surface area contributed by atoms with Crippen LogP contribution in [0.3, 0.4) is 0 Å². The van der Waals surface area contributed by atoms with Crippen molar-refractivity contribution in [2.24, 2.45) is 0 Å². The van der Waals surface area contributed by atoms with E-state index in [0.29, 0.717) is 5.56 Å². The Hall–Kier alpha value is -1.64. The standard InChI is InChI=1S/C11H11O3/c1-2-3-9-4-6-10(7-5-9)11(13)14-8-12/h4-7H,2-3H2,1H3. The van der Waals surface area contributed by atoms with Crippen molar-refractivity contribution in [1.29, 1.82) is 0 Å². The van der Waals surface area contributed by atoms with Gasteiger partial charge in [0.1, 0.15) is 0 Å². The quantitative estimate of drug-likeness (QED) is 0.539. The van der Waals surface area contributed by atoms with Crippen LogP contribution in [0.4, 0.5) is 0 Å². The molecule has 1 aromatic carbocycles. The summed E-state index contributed by atoms with van der Waals surface area (Å²) in [4.78, 5) is 20.8. The Morgan fingerprint density at radius 3 is 2.50 bits per heavy atom. The molecule has 0 aliphatic rings. The molecule has 0 bridgehead atoms. The average Bonchev–Trinajstić information content (AvgIpc) is 2.20. The summed E-state index contributed by atoms with van der Waals surface area (Å²) in [6, 6.07) is 6.99. The normalized spacial score (nSPS) is 9.50. The van der Waals surface area contributed by atoms with Crippen LogP contribution >= 0.6 is 0 Å². The number of carbonyl (C=O) groups excluding carboxylic acids is 2. The third-order valence-electron chi connectivity index (χ3n) is 1.86. The molecule has 0 aromatic heterocycles. The first-order valence-electron chi connectivity index (χ1n) is 4.45. The molecule has 0 saturated carbocycles. The maximum absolute atomic E-state index is 11.0. The van der Waals surface area contributed by atoms with Crippen LogP contribution in [0.15, 0.2) is 24.3 Å². The predicted octanol–water partition coefficient (Wildman–Crippen LogP) is 1.86. The van der Waals surface area contributed by atoms with Gasteiger partial charge in [-0.3, -0.25) is 0 Å². The molecule has 0 spiro atoms. The van der Waals surface area contributed by atoms with Crippen LogP contribution < -0.4 is 0 Å². The molecule has 0 heterocycles. The topological polar surface area (TPSA) is 43.4 Å². The summed E-state index contributed by atoms with van der Waals surface area (Å²) >= 11 is 0. The molecular weight excluding hydrogens is 180 g/mol. The lowest BCUT2D eigenvalue weighted by atomic mass is 10.1. The first-order valence-corrected chi connectivity index (χ1v) is 4.45. The maximum atomic E-state index is 11.0. The van der Waals surface area contributed by atoms with Crippen LogP contribution in [0.1, 0.15) is 29.3 Å². The molecule has 0 saturated heterocycles. The SMILES string of the molecule is CCCc1ccc(C(=O)O[C]=O)cc1. The van der Waals surface area contributed by atoms with E-state index in [4.69, 9.17) is 0 Å². The van der Waals surface area contributed by atoms with Crippen molar-refractivity contribution in [3.63, 3.8) is 0 Å². The third-order valence-corrected chi connectivity index (χ3v) is 1.86. The smallest absolute Gasteiger partial charge is 0.381 e. The molecule has 0 atom stereocenters. The lowest BCUT2D eigenvalue weighted by Gasteiger charge is -1.99. The molecule has 0 aliphatic carbocycles. The van der Waals surface area contributed by atoms with E-state index in [2.05, 4.69) is 11.7 Å². The Balaban J connectivity index is 2.72. The summed E-state index contributed by atoms with van der Waals surface area (Å²) in [6.07, 6.45) is 2.04. The van der Waals surface area contributed by atoms with Gasteiger partial charge < -0.3 is 4.74 Å². The van der Waals surface area contributed by atoms with Gasteiger partial charge in [-0.15, -0.1) is 0 Å². The number of hydrogen-bond donors (Lipinski definition) is 0. The number of aryl methyl sites for hydroxylation is 1. The van der Waals surface area contributed by atoms with Crippen LogP contribution in [-0.2, 0) is 16.0 Å². The first kappa shape index (κ1) is 10.4. The van der Waals surface area contributed by atoms with Gasteiger partial charge in [-0.05, 0) is 24.1 Å². The third kappa shape index (κ3) is 2.69. The first-order chi connectivity index (χ1) is 6.77. The Morgan fingerprint density at radius 2 is 2.00 bits per heavy atom. The van der Waals surface area contributed by atoms with Gasteiger partial charge in [0.05, 0.1) is 5.56 Å². The lowest BCUT2D eigenvalue weighted by molar-refractivity contribution is 0.0710. The number of hydrogen-bond acceptors (Lipinski definition) is 3. The van der Waals surface area contributed by atoms with Crippen molar-refractivity contribution >= 4 is 12.4 Å². The molecule has 1 rings (SSSR count). The molecular formula is C11H11O3. The minimum atomic E-state index is -0.664. The molecule has 0 amide bonds. The summed E-state index contributed by atoms with van der Waals surface area (Å²) < 4.78 is 4.08. The van der Waals surface area contributed by atoms with Crippen LogP contribution in [-0.4, -0.2) is 12.4 Å². The average molecular weight is 191 g/mol. The fourth-order valence-electron chi connectivity index (χ4n) is 1.19. The summed E-state index contributed by atoms with van der Waals surface area (Å²) in [6.45, 7) is 3.19. The second-order valence-electron chi connectivity index (χ2n) is 2.92. The highest BCUT2D eigenvalue weighted by Crippen LogP contribution is 2.07. The highest BCUT2D eigenvalue weighted by molar-refractivity contribution is 5.93. The maximum Gasteiger partial charge on any atom is 0.425 e. The van der Waals surface area contributed by atoms with Gasteiger partial charge >= 0.3 is 12.4 Å². The highest BCUT2D eigenvalue weighted by atomic mass is 16.6. The largest absolute Gasteiger partial charge is 0.425 e. The molecule has 3 nitrogen and oxygen atoms in total. The minimum absolute atomic E-state index is 0.369. The Morgan fingerprint density at radius 1 is 1.36 bits per heavy atom. The molecule has 1 radical (unpaired) electrons. The van der Waals surface area contributed by atoms with Gasteiger partial charge in [0.25, 0.3) is 0 Å². The van der Waals surface area contributed by atoms with Gasteiger partial charge in [0.2, 0.25) is 0 Å². The van der Waals surface area contributed by atoms with Crippen molar-refractivity contribution in [2.45, 2.75) is 19.8 Å². The summed E-state index contributed by atoms with van der Waals surface area (Å²) in [5, 5.41) is 0. The van der Waals surface area contributed by atoms with Crippen molar-refractivity contribution in [3.05, 3.63) is 35.4 Å². The second-order valence-corrected chi connectivity index (χ2v) is 2.92. The molecule has 0 fully saturated rings. The molecule has 1 aromatic rings. The van der Waals surface area contributed by atoms with Gasteiger partial charge in [-0.2, -0.15) is 0 Å². The van der Waals surface area contributed by atoms with E-state index in [1.165, 1.54) is 5.56 Å². The van der Waals surface area contributed by atoms with E-state index in [0.717, 1.165) is 19.3 Å². The number of ether oxygens (including phenoxy) is 1. The van der Waals surface area contributed by atoms with Crippen molar-refractivity contribution in [3.8, 4) is 0 Å². The van der Waals surface area contributed by atoms with Crippen LogP contribution in [0.25, 0.3) is 0 Å². The van der Waals surface area contributed by atoms with Crippen molar-refractivity contribution in [1.82, 2.24) is 0 Å². The zero-order valence-corrected chi connectivity index (χ0v) is 7.95. The predicted molar refractivity (Wildman–Crippen MR) is 51.5 cm³/mol. The molecule has 73 valence electrons. The minimum Gasteiger partial charge on any atom is -0.381 e. The van der Waals surface area contributed by atoms with E-state index in [9.17, 15) is 9.59 Å². The monoisotopic (exact) mass is 191 g/mol.